The average molecular weight is 410 g/mol. The Morgan fingerprint density at radius 1 is 1.00 bits per heavy atom. The van der Waals surface area contributed by atoms with Crippen LogP contribution in [0.15, 0.2) is 60.1 Å². The van der Waals surface area contributed by atoms with Gasteiger partial charge in [0.25, 0.3) is 0 Å². The topological polar surface area (TPSA) is 29.8 Å². The lowest BCUT2D eigenvalue weighted by Gasteiger charge is -2.26. The number of fused-ring (bicyclic) bond motifs is 1. The molecule has 5 rings (SSSR count). The number of thiophene rings is 1. The van der Waals surface area contributed by atoms with Crippen molar-refractivity contribution in [2.45, 2.75) is 6.54 Å². The zero-order chi connectivity index (χ0) is 18.9. The SMILES string of the molecule is Clc1ccc(-c2nc3ccc(-c4cccs4)cn3c2CN2CCOCC2)cc1. The Labute approximate surface area is 173 Å². The van der Waals surface area contributed by atoms with Crippen molar-refractivity contribution in [1.82, 2.24) is 14.3 Å². The number of aromatic nitrogens is 2. The van der Waals surface area contributed by atoms with E-state index in [1.807, 2.05) is 24.3 Å². The fourth-order valence-electron chi connectivity index (χ4n) is 3.64. The van der Waals surface area contributed by atoms with Crippen LogP contribution in [0.5, 0.6) is 0 Å². The molecule has 142 valence electrons. The number of ether oxygens (including phenoxy) is 1. The lowest BCUT2D eigenvalue weighted by atomic mass is 10.1. The first-order valence-electron chi connectivity index (χ1n) is 9.39. The summed E-state index contributed by atoms with van der Waals surface area (Å²) >= 11 is 7.86. The minimum Gasteiger partial charge on any atom is -0.379 e. The number of nitrogens with zero attached hydrogens (tertiary/aromatic N) is 3. The molecule has 4 nitrogen and oxygen atoms in total. The standard InChI is InChI=1S/C22H20ClN3OS/c23-18-6-3-16(4-7-18)22-19(15-25-9-11-27-12-10-25)26-14-17(5-8-21(26)24-22)20-2-1-13-28-20/h1-8,13-14H,9-12,15H2. The molecule has 4 aromatic rings. The van der Waals surface area contributed by atoms with Crippen molar-refractivity contribution in [1.29, 1.82) is 0 Å². The number of morpholine rings is 1. The van der Waals surface area contributed by atoms with Crippen molar-refractivity contribution in [3.05, 3.63) is 70.8 Å². The van der Waals surface area contributed by atoms with E-state index in [0.717, 1.165) is 54.8 Å². The van der Waals surface area contributed by atoms with Crippen molar-refractivity contribution >= 4 is 28.6 Å². The van der Waals surface area contributed by atoms with Crippen LogP contribution in [0.1, 0.15) is 5.69 Å². The predicted molar refractivity (Wildman–Crippen MR) is 115 cm³/mol. The first kappa shape index (κ1) is 17.9. The van der Waals surface area contributed by atoms with Gasteiger partial charge in [0.2, 0.25) is 0 Å². The Kier molecular flexibility index (Phi) is 4.91. The van der Waals surface area contributed by atoms with Crippen LogP contribution in [0.2, 0.25) is 5.02 Å². The summed E-state index contributed by atoms with van der Waals surface area (Å²) in [7, 11) is 0. The molecule has 0 aliphatic carbocycles. The molecule has 6 heteroatoms. The van der Waals surface area contributed by atoms with Gasteiger partial charge in [0.05, 0.1) is 24.6 Å². The summed E-state index contributed by atoms with van der Waals surface area (Å²) in [6.07, 6.45) is 2.21. The lowest BCUT2D eigenvalue weighted by Crippen LogP contribution is -2.36. The minimum atomic E-state index is 0.738. The molecule has 3 aromatic heterocycles. The number of hydrogen-bond donors (Lipinski definition) is 0. The van der Waals surface area contributed by atoms with Crippen molar-refractivity contribution in [3.8, 4) is 21.7 Å². The number of pyridine rings is 1. The largest absolute Gasteiger partial charge is 0.379 e. The van der Waals surface area contributed by atoms with Crippen LogP contribution in [0, 0.1) is 0 Å². The van der Waals surface area contributed by atoms with Crippen molar-refractivity contribution in [2.24, 2.45) is 0 Å². The number of imidazole rings is 1. The van der Waals surface area contributed by atoms with Crippen LogP contribution in [-0.2, 0) is 11.3 Å². The number of benzene rings is 1. The molecular weight excluding hydrogens is 390 g/mol. The van der Waals surface area contributed by atoms with Crippen LogP contribution in [-0.4, -0.2) is 40.6 Å². The molecule has 4 heterocycles. The highest BCUT2D eigenvalue weighted by Crippen LogP contribution is 2.30. The van der Waals surface area contributed by atoms with E-state index in [2.05, 4.69) is 45.1 Å². The van der Waals surface area contributed by atoms with Gasteiger partial charge in [-0.25, -0.2) is 4.98 Å². The second-order valence-corrected chi connectivity index (χ2v) is 8.31. The molecular formula is C22H20ClN3OS. The fraction of sp³-hybridized carbons (Fsp3) is 0.227. The normalized spacial score (nSPS) is 15.3. The Bertz CT molecular complexity index is 1080. The molecule has 0 atom stereocenters. The molecule has 0 amide bonds. The minimum absolute atomic E-state index is 0.738. The third-order valence-electron chi connectivity index (χ3n) is 5.12. The Hall–Kier alpha value is -2.18. The highest BCUT2D eigenvalue weighted by atomic mass is 35.5. The number of rotatable bonds is 4. The Balaban J connectivity index is 1.64. The van der Waals surface area contributed by atoms with Crippen molar-refractivity contribution < 1.29 is 4.74 Å². The molecule has 0 unspecified atom stereocenters. The second-order valence-electron chi connectivity index (χ2n) is 6.93. The highest BCUT2D eigenvalue weighted by Gasteiger charge is 2.19. The van der Waals surface area contributed by atoms with Gasteiger partial charge in [-0.15, -0.1) is 11.3 Å². The summed E-state index contributed by atoms with van der Waals surface area (Å²) < 4.78 is 7.77. The summed E-state index contributed by atoms with van der Waals surface area (Å²) in [4.78, 5) is 8.67. The smallest absolute Gasteiger partial charge is 0.137 e. The van der Waals surface area contributed by atoms with Gasteiger partial charge in [-0.05, 0) is 35.7 Å². The van der Waals surface area contributed by atoms with Gasteiger partial charge < -0.3 is 9.14 Å². The van der Waals surface area contributed by atoms with Gasteiger partial charge in [-0.1, -0.05) is 29.8 Å². The van der Waals surface area contributed by atoms with Crippen LogP contribution in [0.4, 0.5) is 0 Å². The number of hydrogen-bond acceptors (Lipinski definition) is 4. The third kappa shape index (κ3) is 3.47. The van der Waals surface area contributed by atoms with Crippen LogP contribution in [0.25, 0.3) is 27.3 Å². The highest BCUT2D eigenvalue weighted by molar-refractivity contribution is 7.13. The molecule has 0 N–H and O–H groups in total. The van der Waals surface area contributed by atoms with E-state index < -0.39 is 0 Å². The van der Waals surface area contributed by atoms with Crippen molar-refractivity contribution in [2.75, 3.05) is 26.3 Å². The van der Waals surface area contributed by atoms with Gasteiger partial charge in [-0.2, -0.15) is 0 Å². The van der Waals surface area contributed by atoms with Crippen LogP contribution in [0.3, 0.4) is 0 Å². The molecule has 1 aliphatic heterocycles. The Morgan fingerprint density at radius 2 is 1.79 bits per heavy atom. The quantitative estimate of drug-likeness (QED) is 0.463. The van der Waals surface area contributed by atoms with E-state index in [1.165, 1.54) is 16.1 Å². The van der Waals surface area contributed by atoms with Gasteiger partial charge in [0.15, 0.2) is 0 Å². The maximum absolute atomic E-state index is 6.10. The van der Waals surface area contributed by atoms with E-state index in [1.54, 1.807) is 11.3 Å². The summed E-state index contributed by atoms with van der Waals surface area (Å²) in [5.74, 6) is 0. The molecule has 1 aromatic carbocycles. The zero-order valence-electron chi connectivity index (χ0n) is 15.3. The van der Waals surface area contributed by atoms with E-state index in [4.69, 9.17) is 21.3 Å². The summed E-state index contributed by atoms with van der Waals surface area (Å²) in [6, 6.07) is 16.5. The monoisotopic (exact) mass is 409 g/mol. The maximum atomic E-state index is 6.10. The molecule has 0 saturated carbocycles. The first-order valence-corrected chi connectivity index (χ1v) is 10.6. The molecule has 1 aliphatic rings. The third-order valence-corrected chi connectivity index (χ3v) is 6.29. The van der Waals surface area contributed by atoms with E-state index in [-0.39, 0.29) is 0 Å². The van der Waals surface area contributed by atoms with E-state index >= 15 is 0 Å². The molecule has 0 bridgehead atoms. The average Bonchev–Trinajstić information content (AvgIpc) is 3.38. The maximum Gasteiger partial charge on any atom is 0.137 e. The first-order chi connectivity index (χ1) is 13.8. The van der Waals surface area contributed by atoms with Crippen molar-refractivity contribution in [3.63, 3.8) is 0 Å². The molecule has 28 heavy (non-hydrogen) atoms. The van der Waals surface area contributed by atoms with E-state index in [9.17, 15) is 0 Å². The molecule has 1 fully saturated rings. The zero-order valence-corrected chi connectivity index (χ0v) is 16.9. The van der Waals surface area contributed by atoms with Gasteiger partial charge in [-0.3, -0.25) is 4.90 Å². The molecule has 0 radical (unpaired) electrons. The lowest BCUT2D eigenvalue weighted by molar-refractivity contribution is 0.0336. The number of halogens is 1. The summed E-state index contributed by atoms with van der Waals surface area (Å²) in [6.45, 7) is 4.30. The van der Waals surface area contributed by atoms with Gasteiger partial charge in [0.1, 0.15) is 5.65 Å². The summed E-state index contributed by atoms with van der Waals surface area (Å²) in [5, 5.41) is 2.85. The van der Waals surface area contributed by atoms with E-state index in [0.29, 0.717) is 0 Å². The van der Waals surface area contributed by atoms with Gasteiger partial charge >= 0.3 is 0 Å². The Morgan fingerprint density at radius 3 is 2.54 bits per heavy atom. The van der Waals surface area contributed by atoms with Crippen LogP contribution >= 0.6 is 22.9 Å². The predicted octanol–water partition coefficient (Wildman–Crippen LogP) is 5.22. The summed E-state index contributed by atoms with van der Waals surface area (Å²) in [5.41, 5.74) is 5.50. The molecule has 0 spiro atoms. The van der Waals surface area contributed by atoms with Crippen LogP contribution < -0.4 is 0 Å². The second kappa shape index (κ2) is 7.68. The van der Waals surface area contributed by atoms with Gasteiger partial charge in [0, 0.05) is 46.9 Å². The fourth-order valence-corrected chi connectivity index (χ4v) is 4.49. The molecule has 1 saturated heterocycles.